The van der Waals surface area contributed by atoms with Crippen LogP contribution in [0.4, 0.5) is 0 Å². The van der Waals surface area contributed by atoms with Crippen molar-refractivity contribution in [2.24, 2.45) is 4.99 Å². The van der Waals surface area contributed by atoms with E-state index in [1.807, 2.05) is 7.05 Å². The first-order chi connectivity index (χ1) is 13.3. The Morgan fingerprint density at radius 2 is 1.75 bits per heavy atom. The predicted molar refractivity (Wildman–Crippen MR) is 128 cm³/mol. The highest BCUT2D eigenvalue weighted by molar-refractivity contribution is 14.0. The summed E-state index contributed by atoms with van der Waals surface area (Å²) in [6.07, 6.45) is 3.51. The maximum atomic E-state index is 4.44. The fourth-order valence-corrected chi connectivity index (χ4v) is 4.23. The summed E-state index contributed by atoms with van der Waals surface area (Å²) >= 11 is 0. The number of nitrogens with zero attached hydrogens (tertiary/aromatic N) is 2. The van der Waals surface area contributed by atoms with Gasteiger partial charge in [-0.1, -0.05) is 54.6 Å². The number of aliphatic imine (C=N–C) groups is 1. The lowest BCUT2D eigenvalue weighted by Gasteiger charge is -2.34. The molecule has 1 atom stereocenters. The first kappa shape index (κ1) is 21.1. The van der Waals surface area contributed by atoms with Crippen LogP contribution in [0.1, 0.15) is 35.4 Å². The number of likely N-dealkylation sites (tertiary alicyclic amines) is 1. The average Bonchev–Trinajstić information content (AvgIpc) is 2.70. The smallest absolute Gasteiger partial charge is 0.191 e. The second-order valence-corrected chi connectivity index (χ2v) is 7.73. The van der Waals surface area contributed by atoms with E-state index in [0.29, 0.717) is 12.0 Å². The molecule has 4 nitrogen and oxygen atoms in total. The summed E-state index contributed by atoms with van der Waals surface area (Å²) in [4.78, 5) is 6.99. The Labute approximate surface area is 185 Å². The number of fused-ring (bicyclic) bond motifs is 1. The molecule has 5 heteroatoms. The fourth-order valence-electron chi connectivity index (χ4n) is 4.23. The van der Waals surface area contributed by atoms with Gasteiger partial charge >= 0.3 is 0 Å². The summed E-state index contributed by atoms with van der Waals surface area (Å²) in [7, 11) is 1.87. The van der Waals surface area contributed by atoms with E-state index < -0.39 is 0 Å². The summed E-state index contributed by atoms with van der Waals surface area (Å²) in [5.41, 5.74) is 4.40. The van der Waals surface area contributed by atoms with Crippen LogP contribution in [0.15, 0.2) is 59.6 Å². The molecule has 1 aliphatic heterocycles. The van der Waals surface area contributed by atoms with Gasteiger partial charge < -0.3 is 10.6 Å². The minimum absolute atomic E-state index is 0. The minimum atomic E-state index is 0. The maximum absolute atomic E-state index is 4.44. The van der Waals surface area contributed by atoms with Gasteiger partial charge in [-0.25, -0.2) is 0 Å². The topological polar surface area (TPSA) is 39.7 Å². The van der Waals surface area contributed by atoms with Gasteiger partial charge in [0.2, 0.25) is 0 Å². The number of hydrogen-bond acceptors (Lipinski definition) is 2. The number of halogens is 1. The monoisotopic (exact) mass is 490 g/mol. The lowest BCUT2D eigenvalue weighted by Crippen LogP contribution is -2.49. The van der Waals surface area contributed by atoms with E-state index in [1.165, 1.54) is 36.0 Å². The molecule has 0 spiro atoms. The van der Waals surface area contributed by atoms with Gasteiger partial charge in [0.05, 0.1) is 0 Å². The molecule has 1 saturated heterocycles. The third-order valence-corrected chi connectivity index (χ3v) is 5.88. The molecule has 150 valence electrons. The normalized spacial score (nSPS) is 19.9. The van der Waals surface area contributed by atoms with Crippen molar-refractivity contribution < 1.29 is 0 Å². The van der Waals surface area contributed by atoms with Crippen LogP contribution >= 0.6 is 24.0 Å². The largest absolute Gasteiger partial charge is 0.356 e. The highest BCUT2D eigenvalue weighted by Crippen LogP contribution is 2.33. The molecule has 2 N–H and O–H groups in total. The summed E-state index contributed by atoms with van der Waals surface area (Å²) in [6.45, 7) is 4.30. The zero-order valence-electron chi connectivity index (χ0n) is 16.6. The SMILES string of the molecule is CN=C(NCC1Cc2ccccc21)NC1CCN(Cc2ccccc2)CC1.I. The lowest BCUT2D eigenvalue weighted by molar-refractivity contribution is 0.198. The van der Waals surface area contributed by atoms with E-state index in [0.717, 1.165) is 32.1 Å². The summed E-state index contributed by atoms with van der Waals surface area (Å²) in [6, 6.07) is 20.0. The molecule has 2 aromatic rings. The van der Waals surface area contributed by atoms with Crippen molar-refractivity contribution in [1.82, 2.24) is 15.5 Å². The second-order valence-electron chi connectivity index (χ2n) is 7.73. The molecule has 0 amide bonds. The highest BCUT2D eigenvalue weighted by atomic mass is 127. The van der Waals surface area contributed by atoms with Crippen LogP contribution in [-0.2, 0) is 13.0 Å². The lowest BCUT2D eigenvalue weighted by atomic mass is 9.78. The molecule has 0 bridgehead atoms. The van der Waals surface area contributed by atoms with Crippen molar-refractivity contribution in [1.29, 1.82) is 0 Å². The Morgan fingerprint density at radius 1 is 1.04 bits per heavy atom. The second kappa shape index (κ2) is 10.3. The molecular formula is C23H31IN4. The van der Waals surface area contributed by atoms with Crippen molar-refractivity contribution in [2.75, 3.05) is 26.7 Å². The first-order valence-electron chi connectivity index (χ1n) is 10.1. The molecular weight excluding hydrogens is 459 g/mol. The van der Waals surface area contributed by atoms with E-state index in [2.05, 4.69) is 75.1 Å². The molecule has 2 aromatic carbocycles. The van der Waals surface area contributed by atoms with Gasteiger partial charge in [0.25, 0.3) is 0 Å². The van der Waals surface area contributed by atoms with Crippen LogP contribution in [0.3, 0.4) is 0 Å². The first-order valence-corrected chi connectivity index (χ1v) is 10.1. The van der Waals surface area contributed by atoms with Crippen LogP contribution < -0.4 is 10.6 Å². The van der Waals surface area contributed by atoms with Crippen molar-refractivity contribution in [2.45, 2.75) is 37.8 Å². The molecule has 2 aliphatic rings. The Morgan fingerprint density at radius 3 is 2.46 bits per heavy atom. The van der Waals surface area contributed by atoms with E-state index in [1.54, 1.807) is 0 Å². The predicted octanol–water partition coefficient (Wildman–Crippen LogP) is 3.77. The van der Waals surface area contributed by atoms with Gasteiger partial charge in [0.1, 0.15) is 0 Å². The molecule has 1 fully saturated rings. The van der Waals surface area contributed by atoms with Crippen LogP contribution in [-0.4, -0.2) is 43.6 Å². The standard InChI is InChI=1S/C23H30N4.HI/c1-24-23(25-16-20-15-19-9-5-6-10-22(19)20)26-21-11-13-27(14-12-21)17-18-7-3-2-4-8-18;/h2-10,20-21H,11-17H2,1H3,(H2,24,25,26);1H. The van der Waals surface area contributed by atoms with Crippen LogP contribution in [0.25, 0.3) is 0 Å². The zero-order chi connectivity index (χ0) is 18.5. The van der Waals surface area contributed by atoms with Crippen LogP contribution in [0, 0.1) is 0 Å². The number of guanidine groups is 1. The number of rotatable bonds is 5. The Kier molecular flexibility index (Phi) is 7.73. The van der Waals surface area contributed by atoms with Crippen LogP contribution in [0.5, 0.6) is 0 Å². The molecule has 1 unspecified atom stereocenters. The molecule has 0 aromatic heterocycles. The van der Waals surface area contributed by atoms with E-state index >= 15 is 0 Å². The van der Waals surface area contributed by atoms with Crippen molar-refractivity contribution in [3.05, 3.63) is 71.3 Å². The van der Waals surface area contributed by atoms with E-state index in [9.17, 15) is 0 Å². The zero-order valence-corrected chi connectivity index (χ0v) is 18.9. The Bertz CT molecular complexity index is 769. The van der Waals surface area contributed by atoms with Crippen molar-refractivity contribution in [3.8, 4) is 0 Å². The van der Waals surface area contributed by atoms with Crippen LogP contribution in [0.2, 0.25) is 0 Å². The van der Waals surface area contributed by atoms with Gasteiger partial charge in [-0.15, -0.1) is 24.0 Å². The molecule has 0 radical (unpaired) electrons. The molecule has 1 heterocycles. The van der Waals surface area contributed by atoms with Crippen molar-refractivity contribution in [3.63, 3.8) is 0 Å². The summed E-state index contributed by atoms with van der Waals surface area (Å²) < 4.78 is 0. The Hall–Kier alpha value is -1.60. The van der Waals surface area contributed by atoms with Gasteiger partial charge in [0, 0.05) is 45.2 Å². The van der Waals surface area contributed by atoms with Gasteiger partial charge in [-0.2, -0.15) is 0 Å². The fraction of sp³-hybridized carbons (Fsp3) is 0.435. The average molecular weight is 490 g/mol. The van der Waals surface area contributed by atoms with E-state index in [4.69, 9.17) is 0 Å². The quantitative estimate of drug-likeness (QED) is 0.381. The van der Waals surface area contributed by atoms with Gasteiger partial charge in [-0.3, -0.25) is 9.89 Å². The Balaban J connectivity index is 0.00000225. The molecule has 0 saturated carbocycles. The van der Waals surface area contributed by atoms with E-state index in [-0.39, 0.29) is 24.0 Å². The van der Waals surface area contributed by atoms with Gasteiger partial charge in [-0.05, 0) is 36.0 Å². The summed E-state index contributed by atoms with van der Waals surface area (Å²) in [5.74, 6) is 1.56. The third kappa shape index (κ3) is 5.26. The number of hydrogen-bond donors (Lipinski definition) is 2. The van der Waals surface area contributed by atoms with Crippen molar-refractivity contribution >= 4 is 29.9 Å². The van der Waals surface area contributed by atoms with Gasteiger partial charge in [0.15, 0.2) is 5.96 Å². The third-order valence-electron chi connectivity index (χ3n) is 5.88. The highest BCUT2D eigenvalue weighted by Gasteiger charge is 2.26. The molecule has 28 heavy (non-hydrogen) atoms. The number of benzene rings is 2. The minimum Gasteiger partial charge on any atom is -0.356 e. The molecule has 4 rings (SSSR count). The number of nitrogens with one attached hydrogen (secondary N) is 2. The maximum Gasteiger partial charge on any atom is 0.191 e. The number of piperidine rings is 1. The summed E-state index contributed by atoms with van der Waals surface area (Å²) in [5, 5.41) is 7.17. The molecule has 1 aliphatic carbocycles.